The van der Waals surface area contributed by atoms with E-state index in [9.17, 15) is 4.79 Å². The maximum Gasteiger partial charge on any atom is 0.258 e. The summed E-state index contributed by atoms with van der Waals surface area (Å²) in [4.78, 5) is 19.3. The molecule has 21 heavy (non-hydrogen) atoms. The van der Waals surface area contributed by atoms with E-state index in [1.165, 1.54) is 11.8 Å². The van der Waals surface area contributed by atoms with Crippen molar-refractivity contribution in [2.75, 3.05) is 0 Å². The van der Waals surface area contributed by atoms with E-state index in [4.69, 9.17) is 0 Å². The molecule has 0 spiro atoms. The van der Waals surface area contributed by atoms with Crippen LogP contribution >= 0.6 is 11.8 Å². The van der Waals surface area contributed by atoms with Crippen LogP contribution in [0.3, 0.4) is 0 Å². The lowest BCUT2D eigenvalue weighted by atomic mass is 10.2. The van der Waals surface area contributed by atoms with Crippen LogP contribution < -0.4 is 5.56 Å². The molecule has 3 aromatic rings. The van der Waals surface area contributed by atoms with Crippen LogP contribution in [0.25, 0.3) is 10.9 Å². The zero-order valence-corrected chi connectivity index (χ0v) is 12.6. The van der Waals surface area contributed by atoms with Gasteiger partial charge in [0, 0.05) is 6.04 Å². The molecule has 2 heterocycles. The van der Waals surface area contributed by atoms with E-state index in [0.717, 1.165) is 5.16 Å². The van der Waals surface area contributed by atoms with E-state index in [1.54, 1.807) is 12.4 Å². The van der Waals surface area contributed by atoms with Gasteiger partial charge < -0.3 is 9.55 Å². The number of para-hydroxylation sites is 1. The van der Waals surface area contributed by atoms with Gasteiger partial charge in [-0.25, -0.2) is 4.98 Å². The number of H-pyrrole nitrogens is 1. The standard InChI is InChI=1S/C14H15N5OS/c1-9(2)19-8-15-18-14(19)21-7-12-16-11-6-4-3-5-10(11)13(20)17-12/h3-6,8-9H,7H2,1-2H3,(H,16,17,20). The van der Waals surface area contributed by atoms with Crippen LogP contribution in [-0.2, 0) is 5.75 Å². The Morgan fingerprint density at radius 2 is 2.14 bits per heavy atom. The van der Waals surface area contributed by atoms with Gasteiger partial charge >= 0.3 is 0 Å². The summed E-state index contributed by atoms with van der Waals surface area (Å²) in [6.07, 6.45) is 1.71. The fourth-order valence-electron chi connectivity index (χ4n) is 2.03. The van der Waals surface area contributed by atoms with E-state index in [1.807, 2.05) is 22.8 Å². The molecule has 0 aliphatic heterocycles. The Kier molecular flexibility index (Phi) is 3.74. The summed E-state index contributed by atoms with van der Waals surface area (Å²) in [6.45, 7) is 4.15. The average Bonchev–Trinajstić information content (AvgIpc) is 2.94. The normalized spacial score (nSPS) is 11.4. The van der Waals surface area contributed by atoms with Crippen LogP contribution in [0.15, 0.2) is 40.5 Å². The maximum atomic E-state index is 12.0. The molecule has 0 aliphatic rings. The van der Waals surface area contributed by atoms with Crippen LogP contribution in [0.4, 0.5) is 0 Å². The molecule has 108 valence electrons. The minimum absolute atomic E-state index is 0.110. The van der Waals surface area contributed by atoms with E-state index in [-0.39, 0.29) is 5.56 Å². The molecule has 7 heteroatoms. The molecular weight excluding hydrogens is 286 g/mol. The fraction of sp³-hybridized carbons (Fsp3) is 0.286. The molecule has 0 amide bonds. The molecule has 6 nitrogen and oxygen atoms in total. The third kappa shape index (κ3) is 2.82. The second kappa shape index (κ2) is 5.69. The highest BCUT2D eigenvalue weighted by Gasteiger charge is 2.10. The lowest BCUT2D eigenvalue weighted by molar-refractivity contribution is 0.549. The van der Waals surface area contributed by atoms with Crippen molar-refractivity contribution in [3.05, 3.63) is 46.8 Å². The summed E-state index contributed by atoms with van der Waals surface area (Å²) in [5.41, 5.74) is 0.601. The smallest absolute Gasteiger partial charge is 0.258 e. The first-order valence-electron chi connectivity index (χ1n) is 6.65. The Labute approximate surface area is 125 Å². The van der Waals surface area contributed by atoms with Crippen molar-refractivity contribution in [1.29, 1.82) is 0 Å². The van der Waals surface area contributed by atoms with E-state index in [2.05, 4.69) is 34.0 Å². The van der Waals surface area contributed by atoms with Crippen molar-refractivity contribution >= 4 is 22.7 Å². The SMILES string of the molecule is CC(C)n1cnnc1SCc1nc2ccccc2c(=O)[nH]1. The van der Waals surface area contributed by atoms with E-state index in [0.29, 0.717) is 28.5 Å². The monoisotopic (exact) mass is 301 g/mol. The summed E-state index contributed by atoms with van der Waals surface area (Å²) >= 11 is 1.51. The van der Waals surface area contributed by atoms with Gasteiger partial charge in [0.15, 0.2) is 5.16 Å². The molecule has 0 aliphatic carbocycles. The molecule has 0 bridgehead atoms. The van der Waals surface area contributed by atoms with Gasteiger partial charge in [0.05, 0.1) is 16.7 Å². The van der Waals surface area contributed by atoms with Gasteiger partial charge in [-0.15, -0.1) is 10.2 Å². The lowest BCUT2D eigenvalue weighted by Gasteiger charge is -2.09. The molecule has 0 fully saturated rings. The summed E-state index contributed by atoms with van der Waals surface area (Å²) < 4.78 is 1.99. The third-order valence-electron chi connectivity index (χ3n) is 3.10. The van der Waals surface area contributed by atoms with E-state index < -0.39 is 0 Å². The predicted molar refractivity (Wildman–Crippen MR) is 82.3 cm³/mol. The summed E-state index contributed by atoms with van der Waals surface area (Å²) in [6, 6.07) is 7.62. The van der Waals surface area contributed by atoms with Crippen molar-refractivity contribution in [3.8, 4) is 0 Å². The highest BCUT2D eigenvalue weighted by atomic mass is 32.2. The minimum Gasteiger partial charge on any atom is -0.309 e. The molecular formula is C14H15N5OS. The molecule has 1 N–H and O–H groups in total. The number of hydrogen-bond donors (Lipinski definition) is 1. The van der Waals surface area contributed by atoms with Crippen LogP contribution in [-0.4, -0.2) is 24.7 Å². The predicted octanol–water partition coefficient (Wildman–Crippen LogP) is 2.39. The van der Waals surface area contributed by atoms with Crippen LogP contribution in [0.5, 0.6) is 0 Å². The zero-order chi connectivity index (χ0) is 14.8. The van der Waals surface area contributed by atoms with Crippen molar-refractivity contribution < 1.29 is 0 Å². The second-order valence-corrected chi connectivity index (χ2v) is 5.88. The van der Waals surface area contributed by atoms with Gasteiger partial charge in [0.2, 0.25) is 0 Å². The van der Waals surface area contributed by atoms with Crippen LogP contribution in [0, 0.1) is 0 Å². The Hall–Kier alpha value is -2.15. The number of hydrogen-bond acceptors (Lipinski definition) is 5. The summed E-state index contributed by atoms with van der Waals surface area (Å²) in [5.74, 6) is 1.19. The molecule has 0 radical (unpaired) electrons. The van der Waals surface area contributed by atoms with Gasteiger partial charge in [-0.2, -0.15) is 0 Å². The Bertz CT molecular complexity index is 823. The van der Waals surface area contributed by atoms with Crippen molar-refractivity contribution in [3.63, 3.8) is 0 Å². The second-order valence-electron chi connectivity index (χ2n) is 4.93. The summed E-state index contributed by atoms with van der Waals surface area (Å²) in [7, 11) is 0. The van der Waals surface area contributed by atoms with Crippen molar-refractivity contribution in [2.45, 2.75) is 30.8 Å². The van der Waals surface area contributed by atoms with Crippen molar-refractivity contribution in [1.82, 2.24) is 24.7 Å². The number of nitrogens with zero attached hydrogens (tertiary/aromatic N) is 4. The van der Waals surface area contributed by atoms with E-state index >= 15 is 0 Å². The van der Waals surface area contributed by atoms with Gasteiger partial charge in [-0.3, -0.25) is 4.79 Å². The highest BCUT2D eigenvalue weighted by molar-refractivity contribution is 7.98. The number of thioether (sulfide) groups is 1. The quantitative estimate of drug-likeness (QED) is 0.749. The first-order chi connectivity index (χ1) is 10.1. The summed E-state index contributed by atoms with van der Waals surface area (Å²) in [5, 5.41) is 9.44. The molecule has 2 aromatic heterocycles. The molecule has 0 saturated heterocycles. The lowest BCUT2D eigenvalue weighted by Crippen LogP contribution is -2.11. The Morgan fingerprint density at radius 3 is 2.95 bits per heavy atom. The van der Waals surface area contributed by atoms with Crippen LogP contribution in [0.2, 0.25) is 0 Å². The third-order valence-corrected chi connectivity index (χ3v) is 4.06. The zero-order valence-electron chi connectivity index (χ0n) is 11.8. The molecule has 0 atom stereocenters. The number of rotatable bonds is 4. The fourth-order valence-corrected chi connectivity index (χ4v) is 2.94. The molecule has 1 aromatic carbocycles. The van der Waals surface area contributed by atoms with Gasteiger partial charge in [-0.05, 0) is 26.0 Å². The Balaban J connectivity index is 1.85. The Morgan fingerprint density at radius 1 is 1.33 bits per heavy atom. The van der Waals surface area contributed by atoms with Crippen LogP contribution in [0.1, 0.15) is 25.7 Å². The van der Waals surface area contributed by atoms with Gasteiger partial charge in [0.1, 0.15) is 12.2 Å². The molecule has 0 unspecified atom stereocenters. The first kappa shape index (κ1) is 13.8. The van der Waals surface area contributed by atoms with Gasteiger partial charge in [0.25, 0.3) is 5.56 Å². The number of aromatic nitrogens is 5. The first-order valence-corrected chi connectivity index (χ1v) is 7.64. The number of aromatic amines is 1. The number of fused-ring (bicyclic) bond motifs is 1. The largest absolute Gasteiger partial charge is 0.309 e. The molecule has 3 rings (SSSR count). The van der Waals surface area contributed by atoms with Crippen molar-refractivity contribution in [2.24, 2.45) is 0 Å². The molecule has 0 saturated carbocycles. The van der Waals surface area contributed by atoms with Gasteiger partial charge in [-0.1, -0.05) is 23.9 Å². The topological polar surface area (TPSA) is 76.5 Å². The highest BCUT2D eigenvalue weighted by Crippen LogP contribution is 2.21. The number of benzene rings is 1. The average molecular weight is 301 g/mol. The maximum absolute atomic E-state index is 12.0. The number of nitrogens with one attached hydrogen (secondary N) is 1. The minimum atomic E-state index is -0.110.